The number of carbonyl (C=O) groups excluding carboxylic acids is 1. The number of benzene rings is 1. The molecule has 2 fully saturated rings. The second-order valence-electron chi connectivity index (χ2n) is 7.15. The standard InChI is InChI=1S/C20H22FN3O2.ClH/c1-23-10-14-11-24(20(25)16-7-8-22-9-18(16)21)12-17(14)19(23)13-3-5-15(26-2)6-4-13;/h3-9,14,17,19H,10-12H2,1-2H3;1H/t14-,17+,19-;/m0./s1. The van der Waals surface area contributed by atoms with Gasteiger partial charge < -0.3 is 9.64 Å². The summed E-state index contributed by atoms with van der Waals surface area (Å²) in [6, 6.07) is 9.84. The molecule has 7 heteroatoms. The minimum Gasteiger partial charge on any atom is -0.497 e. The highest BCUT2D eigenvalue weighted by Gasteiger charge is 2.47. The van der Waals surface area contributed by atoms with E-state index in [0.29, 0.717) is 24.9 Å². The van der Waals surface area contributed by atoms with Gasteiger partial charge in [-0.3, -0.25) is 14.7 Å². The number of aromatic nitrogens is 1. The van der Waals surface area contributed by atoms with Crippen LogP contribution in [0.5, 0.6) is 5.75 Å². The van der Waals surface area contributed by atoms with Crippen LogP contribution in [0.25, 0.3) is 0 Å². The predicted molar refractivity (Wildman–Crippen MR) is 103 cm³/mol. The van der Waals surface area contributed by atoms with Gasteiger partial charge in [-0.25, -0.2) is 4.39 Å². The Balaban J connectivity index is 0.00000210. The Morgan fingerprint density at radius 2 is 1.93 bits per heavy atom. The fourth-order valence-electron chi connectivity index (χ4n) is 4.45. The van der Waals surface area contributed by atoms with Gasteiger partial charge in [-0.15, -0.1) is 12.4 Å². The minimum absolute atomic E-state index is 0. The Hall–Kier alpha value is -2.18. The maximum atomic E-state index is 13.9. The lowest BCUT2D eigenvalue weighted by atomic mass is 9.89. The van der Waals surface area contributed by atoms with Crippen molar-refractivity contribution in [2.24, 2.45) is 11.8 Å². The van der Waals surface area contributed by atoms with Gasteiger partial charge in [0.05, 0.1) is 18.9 Å². The zero-order valence-corrected chi connectivity index (χ0v) is 16.2. The summed E-state index contributed by atoms with van der Waals surface area (Å²) >= 11 is 0. The van der Waals surface area contributed by atoms with Gasteiger partial charge in [0, 0.05) is 37.8 Å². The largest absolute Gasteiger partial charge is 0.497 e. The lowest BCUT2D eigenvalue weighted by Gasteiger charge is -2.27. The minimum atomic E-state index is -0.557. The second-order valence-corrected chi connectivity index (χ2v) is 7.15. The van der Waals surface area contributed by atoms with Gasteiger partial charge in [-0.1, -0.05) is 12.1 Å². The molecule has 27 heavy (non-hydrogen) atoms. The van der Waals surface area contributed by atoms with E-state index in [1.165, 1.54) is 17.8 Å². The van der Waals surface area contributed by atoms with E-state index in [4.69, 9.17) is 4.74 Å². The number of fused-ring (bicyclic) bond motifs is 1. The Labute approximate surface area is 164 Å². The van der Waals surface area contributed by atoms with Crippen LogP contribution in [-0.4, -0.2) is 54.5 Å². The smallest absolute Gasteiger partial charge is 0.256 e. The number of amides is 1. The van der Waals surface area contributed by atoms with Crippen LogP contribution in [0, 0.1) is 17.7 Å². The van der Waals surface area contributed by atoms with Crippen LogP contribution in [0.3, 0.4) is 0 Å². The van der Waals surface area contributed by atoms with Crippen LogP contribution in [0.4, 0.5) is 4.39 Å². The third kappa shape index (κ3) is 3.51. The summed E-state index contributed by atoms with van der Waals surface area (Å²) in [4.78, 5) is 20.6. The third-order valence-corrected chi connectivity index (χ3v) is 5.64. The van der Waals surface area contributed by atoms with E-state index >= 15 is 0 Å². The molecule has 1 aromatic carbocycles. The Kier molecular flexibility index (Phi) is 5.67. The number of methoxy groups -OCH3 is 1. The van der Waals surface area contributed by atoms with E-state index in [2.05, 4.69) is 29.1 Å². The summed E-state index contributed by atoms with van der Waals surface area (Å²) in [5.74, 6) is 0.791. The topological polar surface area (TPSA) is 45.7 Å². The summed E-state index contributed by atoms with van der Waals surface area (Å²) < 4.78 is 19.2. The molecule has 0 N–H and O–H groups in total. The molecule has 0 spiro atoms. The van der Waals surface area contributed by atoms with Crippen molar-refractivity contribution < 1.29 is 13.9 Å². The Morgan fingerprint density at radius 3 is 2.59 bits per heavy atom. The van der Waals surface area contributed by atoms with Crippen LogP contribution in [0.1, 0.15) is 22.0 Å². The van der Waals surface area contributed by atoms with E-state index in [1.807, 2.05) is 12.1 Å². The summed E-state index contributed by atoms with van der Waals surface area (Å²) in [5.41, 5.74) is 1.33. The van der Waals surface area contributed by atoms with Crippen molar-refractivity contribution in [2.45, 2.75) is 6.04 Å². The first kappa shape index (κ1) is 19.6. The molecule has 4 rings (SSSR count). The molecule has 1 amide bonds. The van der Waals surface area contributed by atoms with Gasteiger partial charge in [0.2, 0.25) is 0 Å². The fourth-order valence-corrected chi connectivity index (χ4v) is 4.45. The number of hydrogen-bond donors (Lipinski definition) is 0. The molecule has 0 saturated carbocycles. The summed E-state index contributed by atoms with van der Waals surface area (Å²) in [6.07, 6.45) is 2.55. The first-order chi connectivity index (χ1) is 12.6. The lowest BCUT2D eigenvalue weighted by molar-refractivity contribution is 0.0763. The molecule has 3 heterocycles. The van der Waals surface area contributed by atoms with Gasteiger partial charge in [0.1, 0.15) is 5.75 Å². The maximum absolute atomic E-state index is 13.9. The molecule has 0 aliphatic carbocycles. The molecule has 0 unspecified atom stereocenters. The number of rotatable bonds is 3. The van der Waals surface area contributed by atoms with Gasteiger partial charge in [0.25, 0.3) is 5.91 Å². The van der Waals surface area contributed by atoms with Gasteiger partial charge >= 0.3 is 0 Å². The molecule has 0 bridgehead atoms. The highest BCUT2D eigenvalue weighted by atomic mass is 35.5. The van der Waals surface area contributed by atoms with Crippen molar-refractivity contribution in [2.75, 3.05) is 33.8 Å². The van der Waals surface area contributed by atoms with Gasteiger partial charge in [0.15, 0.2) is 5.82 Å². The average Bonchev–Trinajstić information content (AvgIpc) is 3.18. The van der Waals surface area contributed by atoms with Crippen molar-refractivity contribution in [3.63, 3.8) is 0 Å². The first-order valence-corrected chi connectivity index (χ1v) is 8.81. The molecular formula is C20H23ClFN3O2. The van der Waals surface area contributed by atoms with Gasteiger partial charge in [-0.05, 0) is 36.7 Å². The molecule has 2 aliphatic heterocycles. The SMILES string of the molecule is COc1ccc([C@H]2[C@@H]3CN(C(=O)c4ccncc4F)C[C@@H]3CN2C)cc1.Cl. The number of nitrogens with zero attached hydrogens (tertiary/aromatic N) is 3. The summed E-state index contributed by atoms with van der Waals surface area (Å²) in [6.45, 7) is 2.25. The normalized spacial score (nSPS) is 24.4. The lowest BCUT2D eigenvalue weighted by Crippen LogP contribution is -2.33. The van der Waals surface area contributed by atoms with Crippen LogP contribution in [0.15, 0.2) is 42.7 Å². The number of likely N-dealkylation sites (tertiary alicyclic amines) is 2. The molecule has 2 aromatic rings. The van der Waals surface area contributed by atoms with Crippen molar-refractivity contribution in [1.82, 2.24) is 14.8 Å². The quantitative estimate of drug-likeness (QED) is 0.806. The maximum Gasteiger partial charge on any atom is 0.256 e. The fraction of sp³-hybridized carbons (Fsp3) is 0.400. The molecule has 3 atom stereocenters. The summed E-state index contributed by atoms with van der Waals surface area (Å²) in [5, 5.41) is 0. The van der Waals surface area contributed by atoms with E-state index < -0.39 is 5.82 Å². The van der Waals surface area contributed by atoms with E-state index in [9.17, 15) is 9.18 Å². The number of hydrogen-bond acceptors (Lipinski definition) is 4. The molecule has 2 aliphatic rings. The zero-order valence-electron chi connectivity index (χ0n) is 15.3. The van der Waals surface area contributed by atoms with Crippen LogP contribution >= 0.6 is 12.4 Å². The predicted octanol–water partition coefficient (Wildman–Crippen LogP) is 3.03. The average molecular weight is 392 g/mol. The number of pyridine rings is 1. The Bertz CT molecular complexity index is 817. The van der Waals surface area contributed by atoms with Crippen LogP contribution in [-0.2, 0) is 0 Å². The van der Waals surface area contributed by atoms with Crippen LogP contribution in [0.2, 0.25) is 0 Å². The molecule has 5 nitrogen and oxygen atoms in total. The Morgan fingerprint density at radius 1 is 1.19 bits per heavy atom. The summed E-state index contributed by atoms with van der Waals surface area (Å²) in [7, 11) is 3.79. The van der Waals surface area contributed by atoms with E-state index in [0.717, 1.165) is 18.5 Å². The van der Waals surface area contributed by atoms with Crippen molar-refractivity contribution in [1.29, 1.82) is 0 Å². The number of carbonyl (C=O) groups is 1. The van der Waals surface area contributed by atoms with Crippen molar-refractivity contribution in [3.05, 3.63) is 59.7 Å². The van der Waals surface area contributed by atoms with Crippen molar-refractivity contribution >= 4 is 18.3 Å². The van der Waals surface area contributed by atoms with Gasteiger partial charge in [-0.2, -0.15) is 0 Å². The van der Waals surface area contributed by atoms with Crippen molar-refractivity contribution in [3.8, 4) is 5.75 Å². The highest BCUT2D eigenvalue weighted by Crippen LogP contribution is 2.44. The molecule has 0 radical (unpaired) electrons. The first-order valence-electron chi connectivity index (χ1n) is 8.81. The second kappa shape index (κ2) is 7.82. The highest BCUT2D eigenvalue weighted by molar-refractivity contribution is 5.94. The number of ether oxygens (including phenoxy) is 1. The van der Waals surface area contributed by atoms with E-state index in [-0.39, 0.29) is 29.9 Å². The third-order valence-electron chi connectivity index (χ3n) is 5.64. The number of halogens is 2. The molecule has 2 saturated heterocycles. The van der Waals surface area contributed by atoms with E-state index in [1.54, 1.807) is 12.0 Å². The molecule has 144 valence electrons. The molecular weight excluding hydrogens is 369 g/mol. The monoisotopic (exact) mass is 391 g/mol. The zero-order chi connectivity index (χ0) is 18.3. The molecule has 1 aromatic heterocycles. The van der Waals surface area contributed by atoms with Crippen LogP contribution < -0.4 is 4.74 Å².